The monoisotopic (exact) mass is 294 g/mol. The van der Waals surface area contributed by atoms with E-state index in [1.54, 1.807) is 4.68 Å². The highest BCUT2D eigenvalue weighted by Crippen LogP contribution is 2.28. The minimum absolute atomic E-state index is 0.0885. The highest BCUT2D eigenvalue weighted by atomic mass is 79.9. The molecule has 1 atom stereocenters. The number of halogens is 1. The van der Waals surface area contributed by atoms with E-state index in [9.17, 15) is 0 Å². The lowest BCUT2D eigenvalue weighted by atomic mass is 9.99. The maximum Gasteiger partial charge on any atom is 0.153 e. The Bertz CT molecular complexity index is 501. The molecule has 5 heteroatoms. The predicted octanol–water partition coefficient (Wildman–Crippen LogP) is 2.19. The first-order chi connectivity index (χ1) is 8.15. The van der Waals surface area contributed by atoms with Crippen molar-refractivity contribution in [2.75, 3.05) is 7.05 Å². The Morgan fingerprint density at radius 1 is 1.35 bits per heavy atom. The lowest BCUT2D eigenvalue weighted by Gasteiger charge is -2.19. The molecule has 1 aromatic carbocycles. The molecule has 17 heavy (non-hydrogen) atoms. The quantitative estimate of drug-likeness (QED) is 0.944. The summed E-state index contributed by atoms with van der Waals surface area (Å²) >= 11 is 3.45. The number of aryl methyl sites for hydroxylation is 2. The van der Waals surface area contributed by atoms with E-state index in [2.05, 4.69) is 50.6 Å². The Morgan fingerprint density at radius 3 is 2.59 bits per heavy atom. The topological polar surface area (TPSA) is 42.7 Å². The molecule has 0 fully saturated rings. The summed E-state index contributed by atoms with van der Waals surface area (Å²) in [5.41, 5.74) is 3.52. The van der Waals surface area contributed by atoms with Gasteiger partial charge in [0.05, 0.1) is 11.7 Å². The minimum atomic E-state index is 0.0885. The Hall–Kier alpha value is -1.20. The fourth-order valence-corrected chi connectivity index (χ4v) is 2.55. The van der Waals surface area contributed by atoms with Crippen LogP contribution < -0.4 is 5.32 Å². The second kappa shape index (κ2) is 4.98. The molecule has 0 aliphatic heterocycles. The summed E-state index contributed by atoms with van der Waals surface area (Å²) < 4.78 is 2.57. The summed E-state index contributed by atoms with van der Waals surface area (Å²) in [6.07, 6.45) is 0. The summed E-state index contributed by atoms with van der Waals surface area (Å²) in [7, 11) is 3.84. The van der Waals surface area contributed by atoms with Crippen molar-refractivity contribution in [2.45, 2.75) is 13.0 Å². The van der Waals surface area contributed by atoms with Crippen molar-refractivity contribution in [3.63, 3.8) is 0 Å². The van der Waals surface area contributed by atoms with Crippen LogP contribution in [0.3, 0.4) is 0 Å². The van der Waals surface area contributed by atoms with Crippen LogP contribution in [0.4, 0.5) is 0 Å². The van der Waals surface area contributed by atoms with E-state index >= 15 is 0 Å². The van der Waals surface area contributed by atoms with Gasteiger partial charge in [0.1, 0.15) is 0 Å². The van der Waals surface area contributed by atoms with Crippen LogP contribution in [-0.2, 0) is 7.05 Å². The molecule has 4 nitrogen and oxygen atoms in total. The van der Waals surface area contributed by atoms with Crippen molar-refractivity contribution >= 4 is 15.9 Å². The van der Waals surface area contributed by atoms with E-state index in [0.29, 0.717) is 0 Å². The molecule has 2 aromatic rings. The van der Waals surface area contributed by atoms with Crippen LogP contribution in [-0.4, -0.2) is 22.0 Å². The van der Waals surface area contributed by atoms with Gasteiger partial charge in [-0.3, -0.25) is 0 Å². The molecule has 0 spiro atoms. The van der Waals surface area contributed by atoms with E-state index < -0.39 is 0 Å². The third kappa shape index (κ3) is 2.25. The summed E-state index contributed by atoms with van der Waals surface area (Å²) in [6.45, 7) is 2.11. The van der Waals surface area contributed by atoms with Gasteiger partial charge in [-0.15, -0.1) is 5.10 Å². The van der Waals surface area contributed by atoms with Crippen molar-refractivity contribution in [1.29, 1.82) is 0 Å². The molecule has 0 saturated heterocycles. The maximum absolute atomic E-state index is 4.03. The summed E-state index contributed by atoms with van der Waals surface area (Å²) in [5.74, 6) is 0. The van der Waals surface area contributed by atoms with Gasteiger partial charge in [-0.25, -0.2) is 4.68 Å². The van der Waals surface area contributed by atoms with Crippen molar-refractivity contribution in [3.05, 3.63) is 45.7 Å². The zero-order valence-electron chi connectivity index (χ0n) is 10.1. The van der Waals surface area contributed by atoms with Crippen molar-refractivity contribution in [1.82, 2.24) is 20.3 Å². The lowest BCUT2D eigenvalue weighted by molar-refractivity contribution is 0.595. The molecule has 0 radical (unpaired) electrons. The zero-order chi connectivity index (χ0) is 12.4. The number of aromatic nitrogens is 3. The normalized spacial score (nSPS) is 12.7. The van der Waals surface area contributed by atoms with Crippen LogP contribution in [0.2, 0.25) is 0 Å². The van der Waals surface area contributed by atoms with Gasteiger partial charge in [-0.1, -0.05) is 29.5 Å². The molecule has 0 aliphatic rings. The van der Waals surface area contributed by atoms with E-state index in [1.165, 1.54) is 11.1 Å². The molecule has 2 rings (SSSR count). The molecule has 1 aromatic heterocycles. The molecular formula is C12H15BrN4. The van der Waals surface area contributed by atoms with Crippen LogP contribution in [0.25, 0.3) is 0 Å². The van der Waals surface area contributed by atoms with Gasteiger partial charge < -0.3 is 5.32 Å². The fourth-order valence-electron chi connectivity index (χ4n) is 2.00. The number of nitrogens with zero attached hydrogens (tertiary/aromatic N) is 3. The number of rotatable bonds is 3. The standard InChI is InChI=1S/C12H15BrN4/c1-8-6-4-5-7-9(8)10(14-2)11-12(13)15-16-17(11)3/h4-7,10,14H,1-3H3. The van der Waals surface area contributed by atoms with Gasteiger partial charge in [0.25, 0.3) is 0 Å². The zero-order valence-corrected chi connectivity index (χ0v) is 11.7. The van der Waals surface area contributed by atoms with E-state index in [1.807, 2.05) is 26.2 Å². The van der Waals surface area contributed by atoms with Gasteiger partial charge in [0.2, 0.25) is 0 Å². The molecular weight excluding hydrogens is 280 g/mol. The molecule has 1 heterocycles. The average Bonchev–Trinajstić information content (AvgIpc) is 2.64. The van der Waals surface area contributed by atoms with Crippen molar-refractivity contribution < 1.29 is 0 Å². The first-order valence-electron chi connectivity index (χ1n) is 5.43. The van der Waals surface area contributed by atoms with Crippen molar-refractivity contribution in [2.24, 2.45) is 7.05 Å². The van der Waals surface area contributed by atoms with E-state index in [0.717, 1.165) is 10.3 Å². The molecule has 1 unspecified atom stereocenters. The van der Waals surface area contributed by atoms with Gasteiger partial charge in [-0.05, 0) is 41.0 Å². The highest BCUT2D eigenvalue weighted by molar-refractivity contribution is 9.10. The number of benzene rings is 1. The fraction of sp³-hybridized carbons (Fsp3) is 0.333. The number of hydrogen-bond donors (Lipinski definition) is 1. The van der Waals surface area contributed by atoms with Gasteiger partial charge >= 0.3 is 0 Å². The molecule has 1 N–H and O–H groups in total. The second-order valence-corrected chi connectivity index (χ2v) is 4.72. The van der Waals surface area contributed by atoms with Crippen LogP contribution in [0.5, 0.6) is 0 Å². The summed E-state index contributed by atoms with van der Waals surface area (Å²) in [5, 5.41) is 11.4. The van der Waals surface area contributed by atoms with Crippen LogP contribution in [0, 0.1) is 6.92 Å². The SMILES string of the molecule is CNC(c1ccccc1C)c1c(Br)nnn1C. The first-order valence-corrected chi connectivity index (χ1v) is 6.22. The Kier molecular flexibility index (Phi) is 3.59. The smallest absolute Gasteiger partial charge is 0.153 e. The molecule has 90 valence electrons. The average molecular weight is 295 g/mol. The molecule has 0 bridgehead atoms. The third-order valence-electron chi connectivity index (χ3n) is 2.89. The van der Waals surface area contributed by atoms with E-state index in [-0.39, 0.29) is 6.04 Å². The Balaban J connectivity index is 2.52. The third-order valence-corrected chi connectivity index (χ3v) is 3.45. The summed E-state index contributed by atoms with van der Waals surface area (Å²) in [6, 6.07) is 8.41. The Morgan fingerprint density at radius 2 is 2.06 bits per heavy atom. The molecule has 0 aliphatic carbocycles. The largest absolute Gasteiger partial charge is 0.308 e. The van der Waals surface area contributed by atoms with Gasteiger partial charge in [-0.2, -0.15) is 0 Å². The maximum atomic E-state index is 4.03. The van der Waals surface area contributed by atoms with Crippen LogP contribution in [0.15, 0.2) is 28.9 Å². The van der Waals surface area contributed by atoms with E-state index in [4.69, 9.17) is 0 Å². The van der Waals surface area contributed by atoms with Crippen LogP contribution >= 0.6 is 15.9 Å². The predicted molar refractivity (Wildman–Crippen MR) is 70.8 cm³/mol. The van der Waals surface area contributed by atoms with Gasteiger partial charge in [0, 0.05) is 7.05 Å². The number of hydrogen-bond acceptors (Lipinski definition) is 3. The highest BCUT2D eigenvalue weighted by Gasteiger charge is 2.21. The molecule has 0 amide bonds. The number of nitrogens with one attached hydrogen (secondary N) is 1. The van der Waals surface area contributed by atoms with Gasteiger partial charge in [0.15, 0.2) is 4.60 Å². The van der Waals surface area contributed by atoms with Crippen LogP contribution in [0.1, 0.15) is 22.9 Å². The molecule has 0 saturated carbocycles. The second-order valence-electron chi connectivity index (χ2n) is 3.97. The minimum Gasteiger partial charge on any atom is -0.308 e. The summed E-state index contributed by atoms with van der Waals surface area (Å²) in [4.78, 5) is 0. The van der Waals surface area contributed by atoms with Crippen molar-refractivity contribution in [3.8, 4) is 0 Å². The lowest BCUT2D eigenvalue weighted by Crippen LogP contribution is -2.21. The Labute approximate surface area is 109 Å². The first kappa shape index (κ1) is 12.3.